The van der Waals surface area contributed by atoms with Crippen molar-refractivity contribution in [3.05, 3.63) is 83.7 Å². The molecule has 1 atom stereocenters. The number of nitrogens with one attached hydrogen (secondary N) is 1. The third kappa shape index (κ3) is 3.52. The molecule has 2 aromatic heterocycles. The van der Waals surface area contributed by atoms with Crippen LogP contribution < -0.4 is 15.6 Å². The molecule has 0 spiro atoms. The van der Waals surface area contributed by atoms with E-state index >= 15 is 0 Å². The molecular formula is C26H23N6O+. The molecule has 33 heavy (non-hydrogen) atoms. The topological polar surface area (TPSA) is 88.3 Å². The molecular weight excluding hydrogens is 412 g/mol. The number of para-hydroxylation sites is 2. The Labute approximate surface area is 191 Å². The highest BCUT2D eigenvalue weighted by molar-refractivity contribution is 6.08. The molecule has 3 heterocycles. The van der Waals surface area contributed by atoms with Crippen LogP contribution in [0.3, 0.4) is 0 Å². The fraction of sp³-hybridized carbons (Fsp3) is 0.154. The Bertz CT molecular complexity index is 1470. The lowest BCUT2D eigenvalue weighted by Gasteiger charge is -2.13. The van der Waals surface area contributed by atoms with Crippen molar-refractivity contribution in [1.82, 2.24) is 24.5 Å². The number of hydrogen-bond donors (Lipinski definition) is 2. The monoisotopic (exact) mass is 435 g/mol. The van der Waals surface area contributed by atoms with E-state index in [1.54, 1.807) is 18.5 Å². The van der Waals surface area contributed by atoms with Crippen molar-refractivity contribution < 1.29 is 4.79 Å². The summed E-state index contributed by atoms with van der Waals surface area (Å²) in [7, 11) is 0. The van der Waals surface area contributed by atoms with E-state index in [2.05, 4.69) is 50.0 Å². The van der Waals surface area contributed by atoms with Crippen molar-refractivity contribution in [1.29, 1.82) is 0 Å². The van der Waals surface area contributed by atoms with Crippen molar-refractivity contribution in [2.24, 2.45) is 0 Å². The molecule has 0 radical (unpaired) electrons. The highest BCUT2D eigenvalue weighted by Gasteiger charge is 2.37. The molecule has 1 aliphatic heterocycles. The minimum atomic E-state index is -0.307. The maximum atomic E-state index is 13.3. The van der Waals surface area contributed by atoms with E-state index in [0.717, 1.165) is 22.6 Å². The van der Waals surface area contributed by atoms with Crippen LogP contribution in [0.15, 0.2) is 67.0 Å². The lowest BCUT2D eigenvalue weighted by molar-refractivity contribution is 0.0951. The van der Waals surface area contributed by atoms with E-state index in [0.29, 0.717) is 12.1 Å². The van der Waals surface area contributed by atoms with E-state index in [4.69, 9.17) is 5.73 Å². The second-order valence-corrected chi connectivity index (χ2v) is 7.87. The van der Waals surface area contributed by atoms with Gasteiger partial charge in [-0.1, -0.05) is 36.3 Å². The van der Waals surface area contributed by atoms with E-state index in [1.165, 1.54) is 10.1 Å². The number of amides is 1. The van der Waals surface area contributed by atoms with Crippen LogP contribution in [0.4, 0.5) is 17.2 Å². The fourth-order valence-corrected chi connectivity index (χ4v) is 4.34. The van der Waals surface area contributed by atoms with E-state index in [9.17, 15) is 4.79 Å². The summed E-state index contributed by atoms with van der Waals surface area (Å²) in [6.45, 7) is 3.82. The smallest absolute Gasteiger partial charge is 0.259 e. The van der Waals surface area contributed by atoms with Crippen LogP contribution >= 0.6 is 0 Å². The van der Waals surface area contributed by atoms with Gasteiger partial charge in [-0.3, -0.25) is 4.79 Å². The third-order valence-electron chi connectivity index (χ3n) is 5.77. The molecule has 0 bridgehead atoms. The molecule has 3 N–H and O–H groups in total. The van der Waals surface area contributed by atoms with Crippen LogP contribution in [-0.4, -0.2) is 32.3 Å². The standard InChI is InChI=1S/C26H22N6O/c1-3-9-18-10-7-11-19-16-21(32(23(18)19)20-12-5-4-6-13-20)17(2)29-26(33)22-24(27)30-31-15-8-14-28-25(22)31/h4-8,10-15,17H,16H2,1-2H3,(H2-,27,29,30,33)/p+1/t17-/m0/s1. The molecule has 162 valence electrons. The quantitative estimate of drug-likeness (QED) is 0.380. The Morgan fingerprint density at radius 1 is 1.18 bits per heavy atom. The summed E-state index contributed by atoms with van der Waals surface area (Å²) < 4.78 is 3.72. The zero-order chi connectivity index (χ0) is 22.9. The first-order valence-electron chi connectivity index (χ1n) is 10.7. The van der Waals surface area contributed by atoms with Gasteiger partial charge in [0.05, 0.1) is 12.0 Å². The summed E-state index contributed by atoms with van der Waals surface area (Å²) in [5, 5.41) is 7.32. The summed E-state index contributed by atoms with van der Waals surface area (Å²) in [4.78, 5) is 17.5. The maximum Gasteiger partial charge on any atom is 0.259 e. The molecule has 4 aromatic rings. The highest BCUT2D eigenvalue weighted by Crippen LogP contribution is 2.34. The first-order valence-corrected chi connectivity index (χ1v) is 10.7. The molecule has 1 aliphatic rings. The number of carbonyl (C=O) groups is 1. The summed E-state index contributed by atoms with van der Waals surface area (Å²) in [5.41, 5.74) is 12.0. The van der Waals surface area contributed by atoms with E-state index in [-0.39, 0.29) is 23.3 Å². The largest absolute Gasteiger partial charge is 0.381 e. The number of nitrogens with zero attached hydrogens (tertiary/aromatic N) is 4. The molecule has 0 saturated heterocycles. The average Bonchev–Trinajstić information content (AvgIpc) is 3.38. The van der Waals surface area contributed by atoms with Crippen molar-refractivity contribution >= 4 is 34.5 Å². The van der Waals surface area contributed by atoms with Crippen LogP contribution in [0.25, 0.3) is 5.65 Å². The number of benzene rings is 2. The van der Waals surface area contributed by atoms with Gasteiger partial charge in [-0.25, -0.2) is 9.50 Å². The molecule has 0 fully saturated rings. The number of carbonyl (C=O) groups excluding carboxylic acids is 1. The predicted octanol–water partition coefficient (Wildman–Crippen LogP) is 3.33. The van der Waals surface area contributed by atoms with Gasteiger partial charge in [0, 0.05) is 30.1 Å². The van der Waals surface area contributed by atoms with E-state index in [1.807, 2.05) is 44.2 Å². The number of nitrogens with two attached hydrogens (primary N) is 1. The van der Waals surface area contributed by atoms with Crippen molar-refractivity contribution in [3.8, 4) is 11.8 Å². The average molecular weight is 436 g/mol. The predicted molar refractivity (Wildman–Crippen MR) is 130 cm³/mol. The van der Waals surface area contributed by atoms with Gasteiger partial charge in [0.1, 0.15) is 11.6 Å². The number of anilines is 1. The van der Waals surface area contributed by atoms with Gasteiger partial charge in [-0.15, -0.1) is 11.0 Å². The van der Waals surface area contributed by atoms with Gasteiger partial charge < -0.3 is 11.1 Å². The molecule has 7 nitrogen and oxygen atoms in total. The number of fused-ring (bicyclic) bond motifs is 2. The Balaban J connectivity index is 1.58. The number of nitrogen functional groups attached to an aromatic ring is 1. The molecule has 5 rings (SSSR count). The number of rotatable bonds is 4. The molecule has 1 amide bonds. The second-order valence-electron chi connectivity index (χ2n) is 7.87. The lowest BCUT2D eigenvalue weighted by atomic mass is 10.0. The molecule has 2 aromatic carbocycles. The summed E-state index contributed by atoms with van der Waals surface area (Å²) in [6, 6.07) is 17.8. The molecule has 0 unspecified atom stereocenters. The SMILES string of the molecule is CC#Cc1cccc2c1[N+](c1ccccc1)=C([C@H](C)NC(=O)c1c(N)nn3cccnc13)C2. The van der Waals surface area contributed by atoms with Crippen LogP contribution in [0.5, 0.6) is 0 Å². The van der Waals surface area contributed by atoms with Gasteiger partial charge in [-0.2, -0.15) is 4.58 Å². The Hall–Kier alpha value is -4.44. The Morgan fingerprint density at radius 3 is 2.79 bits per heavy atom. The lowest BCUT2D eigenvalue weighted by Crippen LogP contribution is -2.41. The Morgan fingerprint density at radius 2 is 2.00 bits per heavy atom. The minimum Gasteiger partial charge on any atom is -0.381 e. The molecule has 7 heteroatoms. The second kappa shape index (κ2) is 8.24. The van der Waals surface area contributed by atoms with Crippen LogP contribution in [0, 0.1) is 11.8 Å². The Kier molecular flexibility index (Phi) is 5.11. The summed E-state index contributed by atoms with van der Waals surface area (Å²) in [5.74, 6) is 6.09. The first-order chi connectivity index (χ1) is 16.1. The maximum absolute atomic E-state index is 13.3. The van der Waals surface area contributed by atoms with Crippen molar-refractivity contribution in [3.63, 3.8) is 0 Å². The first kappa shape index (κ1) is 20.5. The fourth-order valence-electron chi connectivity index (χ4n) is 4.34. The zero-order valence-corrected chi connectivity index (χ0v) is 18.4. The van der Waals surface area contributed by atoms with E-state index < -0.39 is 0 Å². The summed E-state index contributed by atoms with van der Waals surface area (Å²) in [6.07, 6.45) is 4.04. The molecule has 0 saturated carbocycles. The zero-order valence-electron chi connectivity index (χ0n) is 18.4. The van der Waals surface area contributed by atoms with Crippen LogP contribution in [0.1, 0.15) is 35.3 Å². The normalized spacial score (nSPS) is 13.4. The summed E-state index contributed by atoms with van der Waals surface area (Å²) >= 11 is 0. The van der Waals surface area contributed by atoms with Gasteiger partial charge in [0.15, 0.2) is 17.2 Å². The third-order valence-corrected chi connectivity index (χ3v) is 5.77. The number of aromatic nitrogens is 3. The van der Waals surface area contributed by atoms with Gasteiger partial charge in [-0.05, 0) is 26.0 Å². The van der Waals surface area contributed by atoms with Crippen molar-refractivity contribution in [2.45, 2.75) is 26.3 Å². The molecule has 0 aliphatic carbocycles. The van der Waals surface area contributed by atoms with Crippen LogP contribution in [0.2, 0.25) is 0 Å². The van der Waals surface area contributed by atoms with Gasteiger partial charge in [0.25, 0.3) is 5.91 Å². The van der Waals surface area contributed by atoms with Gasteiger partial charge >= 0.3 is 0 Å². The van der Waals surface area contributed by atoms with Gasteiger partial charge in [0.2, 0.25) is 11.4 Å². The highest BCUT2D eigenvalue weighted by atomic mass is 16.1. The minimum absolute atomic E-state index is 0.151. The van der Waals surface area contributed by atoms with Crippen molar-refractivity contribution in [2.75, 3.05) is 5.73 Å². The van der Waals surface area contributed by atoms with Crippen LogP contribution in [-0.2, 0) is 6.42 Å². The number of hydrogen-bond acceptors (Lipinski definition) is 4.